The second-order valence-electron chi connectivity index (χ2n) is 3.36. The molecule has 1 aliphatic heterocycles. The van der Waals surface area contributed by atoms with Crippen LogP contribution in [0.2, 0.25) is 0 Å². The Bertz CT molecular complexity index is 404. The quantitative estimate of drug-likeness (QED) is 0.601. The monoisotopic (exact) mass is 207 g/mol. The Hall–Kier alpha value is -1.91. The molecule has 0 bridgehead atoms. The number of nitrogen functional groups attached to an aromatic ring is 1. The number of fused-ring (bicyclic) bond motifs is 1. The van der Waals surface area contributed by atoms with E-state index in [1.54, 1.807) is 19.2 Å². The van der Waals surface area contributed by atoms with Crippen molar-refractivity contribution in [3.8, 4) is 5.75 Å². The molecule has 15 heavy (non-hydrogen) atoms. The lowest BCUT2D eigenvalue weighted by Gasteiger charge is -2.11. The minimum absolute atomic E-state index is 0.00641. The van der Waals surface area contributed by atoms with Crippen molar-refractivity contribution in [2.45, 2.75) is 6.42 Å². The second kappa shape index (κ2) is 3.68. The van der Waals surface area contributed by atoms with Crippen LogP contribution in [-0.4, -0.2) is 19.6 Å². The highest BCUT2D eigenvalue weighted by Crippen LogP contribution is 2.33. The van der Waals surface area contributed by atoms with E-state index in [1.807, 2.05) is 0 Å². The highest BCUT2D eigenvalue weighted by molar-refractivity contribution is 5.97. The number of hydrogen-bond acceptors (Lipinski definition) is 4. The Morgan fingerprint density at radius 3 is 2.93 bits per heavy atom. The first-order valence-electron chi connectivity index (χ1n) is 4.72. The van der Waals surface area contributed by atoms with Crippen molar-refractivity contribution in [1.29, 1.82) is 0 Å². The third kappa shape index (κ3) is 1.81. The predicted octanol–water partition coefficient (Wildman–Crippen LogP) is 1.03. The molecular formula is C10H13N3O2. The van der Waals surface area contributed by atoms with Gasteiger partial charge in [0.25, 0.3) is 0 Å². The Morgan fingerprint density at radius 2 is 2.20 bits per heavy atom. The first kappa shape index (κ1) is 9.64. The number of rotatable bonds is 1. The van der Waals surface area contributed by atoms with Gasteiger partial charge in [-0.2, -0.15) is 0 Å². The van der Waals surface area contributed by atoms with Crippen LogP contribution >= 0.6 is 0 Å². The lowest BCUT2D eigenvalue weighted by molar-refractivity contribution is -0.115. The molecular weight excluding hydrogens is 194 g/mol. The third-order valence-corrected chi connectivity index (χ3v) is 2.31. The largest absolute Gasteiger partial charge is 0.495 e. The molecule has 2 rings (SSSR count). The average Bonchev–Trinajstić information content (AvgIpc) is 2.37. The van der Waals surface area contributed by atoms with Gasteiger partial charge in [0.15, 0.2) is 0 Å². The molecule has 0 saturated carbocycles. The maximum absolute atomic E-state index is 11.3. The zero-order valence-corrected chi connectivity index (χ0v) is 8.46. The van der Waals surface area contributed by atoms with Crippen LogP contribution in [0.15, 0.2) is 12.1 Å². The zero-order chi connectivity index (χ0) is 10.8. The molecule has 5 nitrogen and oxygen atoms in total. The molecule has 4 N–H and O–H groups in total. The number of benzene rings is 1. The summed E-state index contributed by atoms with van der Waals surface area (Å²) in [5, 5.41) is 5.92. The Morgan fingerprint density at radius 1 is 1.40 bits per heavy atom. The van der Waals surface area contributed by atoms with E-state index in [0.717, 1.165) is 5.69 Å². The molecule has 0 unspecified atom stereocenters. The van der Waals surface area contributed by atoms with Crippen LogP contribution in [-0.2, 0) is 4.79 Å². The molecule has 0 spiro atoms. The fourth-order valence-electron chi connectivity index (χ4n) is 1.55. The van der Waals surface area contributed by atoms with Gasteiger partial charge < -0.3 is 21.1 Å². The van der Waals surface area contributed by atoms with E-state index in [-0.39, 0.29) is 5.91 Å². The van der Waals surface area contributed by atoms with Crippen molar-refractivity contribution in [3.63, 3.8) is 0 Å². The summed E-state index contributed by atoms with van der Waals surface area (Å²) in [6.45, 7) is 0.616. The summed E-state index contributed by atoms with van der Waals surface area (Å²) in [7, 11) is 1.55. The molecule has 1 heterocycles. The third-order valence-electron chi connectivity index (χ3n) is 2.31. The van der Waals surface area contributed by atoms with Gasteiger partial charge >= 0.3 is 0 Å². The zero-order valence-electron chi connectivity index (χ0n) is 8.46. The number of anilines is 3. The number of hydrogen-bond donors (Lipinski definition) is 3. The Kier molecular flexibility index (Phi) is 2.37. The van der Waals surface area contributed by atoms with Crippen LogP contribution in [0, 0.1) is 0 Å². The van der Waals surface area contributed by atoms with Crippen LogP contribution in [0.4, 0.5) is 17.1 Å². The molecule has 1 aromatic carbocycles. The highest BCUT2D eigenvalue weighted by Gasteiger charge is 2.14. The number of amides is 1. The van der Waals surface area contributed by atoms with Crippen molar-refractivity contribution >= 4 is 23.0 Å². The van der Waals surface area contributed by atoms with Crippen LogP contribution in [0.3, 0.4) is 0 Å². The van der Waals surface area contributed by atoms with E-state index in [1.165, 1.54) is 0 Å². The number of methoxy groups -OCH3 is 1. The van der Waals surface area contributed by atoms with E-state index in [0.29, 0.717) is 30.1 Å². The summed E-state index contributed by atoms with van der Waals surface area (Å²) in [5.41, 5.74) is 7.86. The van der Waals surface area contributed by atoms with E-state index in [4.69, 9.17) is 10.5 Å². The van der Waals surface area contributed by atoms with Gasteiger partial charge in [-0.25, -0.2) is 0 Å². The topological polar surface area (TPSA) is 76.4 Å². The molecule has 0 aromatic heterocycles. The van der Waals surface area contributed by atoms with Crippen molar-refractivity contribution < 1.29 is 9.53 Å². The molecule has 0 fully saturated rings. The number of carbonyl (C=O) groups is 1. The maximum Gasteiger partial charge on any atom is 0.226 e. The summed E-state index contributed by atoms with van der Waals surface area (Å²) in [6.07, 6.45) is 0.455. The van der Waals surface area contributed by atoms with Gasteiger partial charge in [0.2, 0.25) is 5.91 Å². The average molecular weight is 207 g/mol. The number of ether oxygens (including phenoxy) is 1. The summed E-state index contributed by atoms with van der Waals surface area (Å²) in [4.78, 5) is 11.3. The molecule has 0 saturated heterocycles. The molecule has 1 aromatic rings. The second-order valence-corrected chi connectivity index (χ2v) is 3.36. The Balaban J connectivity index is 2.44. The minimum Gasteiger partial charge on any atom is -0.495 e. The molecule has 0 radical (unpaired) electrons. The number of nitrogens with two attached hydrogens (primary N) is 1. The predicted molar refractivity (Wildman–Crippen MR) is 59.1 cm³/mol. The van der Waals surface area contributed by atoms with Gasteiger partial charge in [-0.3, -0.25) is 4.79 Å². The van der Waals surface area contributed by atoms with Crippen LogP contribution in [0.25, 0.3) is 0 Å². The van der Waals surface area contributed by atoms with Crippen LogP contribution in [0.5, 0.6) is 5.75 Å². The van der Waals surface area contributed by atoms with Crippen molar-refractivity contribution in [3.05, 3.63) is 12.1 Å². The van der Waals surface area contributed by atoms with Crippen molar-refractivity contribution in [1.82, 2.24) is 0 Å². The lowest BCUT2D eigenvalue weighted by atomic mass is 10.2. The van der Waals surface area contributed by atoms with Gasteiger partial charge in [-0.15, -0.1) is 0 Å². The molecule has 0 atom stereocenters. The fraction of sp³-hybridized carbons (Fsp3) is 0.300. The van der Waals surface area contributed by atoms with Crippen molar-refractivity contribution in [2.75, 3.05) is 30.0 Å². The SMILES string of the molecule is COc1cc2c(cc1N)NCCC(=O)N2. The lowest BCUT2D eigenvalue weighted by Crippen LogP contribution is -2.10. The highest BCUT2D eigenvalue weighted by atomic mass is 16.5. The van der Waals surface area contributed by atoms with Gasteiger partial charge in [0, 0.05) is 19.0 Å². The van der Waals surface area contributed by atoms with E-state index in [2.05, 4.69) is 10.6 Å². The van der Waals surface area contributed by atoms with Gasteiger partial charge in [-0.1, -0.05) is 0 Å². The minimum atomic E-state index is -0.00641. The van der Waals surface area contributed by atoms with Crippen LogP contribution in [0.1, 0.15) is 6.42 Å². The fourth-order valence-corrected chi connectivity index (χ4v) is 1.55. The number of carbonyl (C=O) groups excluding carboxylic acids is 1. The van der Waals surface area contributed by atoms with Crippen molar-refractivity contribution in [2.24, 2.45) is 0 Å². The standard InChI is InChI=1S/C10H13N3O2/c1-15-9-5-8-7(4-6(9)11)12-3-2-10(14)13-8/h4-5,12H,2-3,11H2,1H3,(H,13,14). The van der Waals surface area contributed by atoms with E-state index in [9.17, 15) is 4.79 Å². The maximum atomic E-state index is 11.3. The summed E-state index contributed by atoms with van der Waals surface area (Å²) >= 11 is 0. The van der Waals surface area contributed by atoms with E-state index >= 15 is 0 Å². The van der Waals surface area contributed by atoms with Gasteiger partial charge in [-0.05, 0) is 6.07 Å². The molecule has 1 amide bonds. The van der Waals surface area contributed by atoms with Gasteiger partial charge in [0.05, 0.1) is 24.2 Å². The molecule has 0 aliphatic carbocycles. The number of nitrogens with one attached hydrogen (secondary N) is 2. The molecule has 1 aliphatic rings. The smallest absolute Gasteiger partial charge is 0.226 e. The van der Waals surface area contributed by atoms with E-state index < -0.39 is 0 Å². The Labute approximate surface area is 87.6 Å². The normalized spacial score (nSPS) is 14.6. The first-order chi connectivity index (χ1) is 7.20. The summed E-state index contributed by atoms with van der Waals surface area (Å²) in [5.74, 6) is 0.561. The first-order valence-corrected chi connectivity index (χ1v) is 4.72. The molecule has 80 valence electrons. The summed E-state index contributed by atoms with van der Waals surface area (Å²) in [6, 6.07) is 3.49. The van der Waals surface area contributed by atoms with Gasteiger partial charge in [0.1, 0.15) is 5.75 Å². The summed E-state index contributed by atoms with van der Waals surface area (Å²) < 4.78 is 5.08. The molecule has 5 heteroatoms. The van der Waals surface area contributed by atoms with Crippen LogP contribution < -0.4 is 21.1 Å².